The summed E-state index contributed by atoms with van der Waals surface area (Å²) in [6.45, 7) is 6.64. The Morgan fingerprint density at radius 1 is 0.793 bits per heavy atom. The summed E-state index contributed by atoms with van der Waals surface area (Å²) in [6, 6.07) is 24.4. The van der Waals surface area contributed by atoms with Crippen LogP contribution in [-0.4, -0.2) is 18.8 Å². The number of anilines is 1. The van der Waals surface area contributed by atoms with Crippen molar-refractivity contribution in [1.82, 2.24) is 0 Å². The Hall–Kier alpha value is -3.40. The van der Waals surface area contributed by atoms with Crippen molar-refractivity contribution in [1.29, 1.82) is 0 Å². The zero-order valence-corrected chi connectivity index (χ0v) is 17.2. The number of aliphatic imine (C=N–C) groups is 2. The molecule has 0 amide bonds. The molecule has 0 saturated carbocycles. The molecule has 1 aliphatic rings. The molecular formula is C25H25N3O. The molecule has 4 heteroatoms. The molecule has 0 aliphatic carbocycles. The fourth-order valence-electron chi connectivity index (χ4n) is 3.22. The van der Waals surface area contributed by atoms with E-state index in [1.165, 1.54) is 5.56 Å². The van der Waals surface area contributed by atoms with Gasteiger partial charge in [0, 0.05) is 17.2 Å². The van der Waals surface area contributed by atoms with Crippen molar-refractivity contribution in [2.75, 3.05) is 12.4 Å². The minimum absolute atomic E-state index is 0.104. The van der Waals surface area contributed by atoms with Gasteiger partial charge in [0.25, 0.3) is 0 Å². The molecule has 0 atom stereocenters. The lowest BCUT2D eigenvalue weighted by Crippen LogP contribution is -2.15. The average molecular weight is 383 g/mol. The van der Waals surface area contributed by atoms with Crippen LogP contribution in [0.2, 0.25) is 0 Å². The molecule has 0 radical (unpaired) electrons. The van der Waals surface area contributed by atoms with Gasteiger partial charge in [-0.25, -0.2) is 9.98 Å². The molecule has 3 aromatic carbocycles. The van der Waals surface area contributed by atoms with Crippen LogP contribution in [0.3, 0.4) is 0 Å². The number of methoxy groups -OCH3 is 1. The number of fused-ring (bicyclic) bond motifs is 1. The van der Waals surface area contributed by atoms with Crippen molar-refractivity contribution in [3.8, 4) is 5.75 Å². The van der Waals surface area contributed by atoms with Crippen molar-refractivity contribution in [2.24, 2.45) is 9.98 Å². The van der Waals surface area contributed by atoms with Crippen LogP contribution in [0, 0.1) is 0 Å². The summed E-state index contributed by atoms with van der Waals surface area (Å²) in [5.41, 5.74) is 5.07. The molecule has 0 bridgehead atoms. The lowest BCUT2D eigenvalue weighted by atomic mass is 9.86. The fourth-order valence-corrected chi connectivity index (χ4v) is 3.22. The first kappa shape index (κ1) is 18.9. The third kappa shape index (κ3) is 4.06. The van der Waals surface area contributed by atoms with Crippen molar-refractivity contribution < 1.29 is 4.74 Å². The van der Waals surface area contributed by atoms with Gasteiger partial charge in [-0.15, -0.1) is 0 Å². The fraction of sp³-hybridized carbons (Fsp3) is 0.200. The molecule has 0 fully saturated rings. The van der Waals surface area contributed by atoms with Gasteiger partial charge in [0.1, 0.15) is 11.6 Å². The molecule has 4 rings (SSSR count). The maximum Gasteiger partial charge on any atom is 0.162 e. The molecule has 1 heterocycles. The highest BCUT2D eigenvalue weighted by Crippen LogP contribution is 2.33. The standard InChI is InChI=1S/C25H25N3O/c1-25(2,3)19-12-10-18(11-13-19)24-26-21-15-14-20(29-4)16-22(21)27-23(28-24)17-8-6-5-7-9-17/h5-16H,1-4H3,(H,26,27,28). The number of benzene rings is 3. The van der Waals surface area contributed by atoms with E-state index in [0.717, 1.165) is 34.1 Å². The Bertz CT molecular complexity index is 1080. The molecule has 0 unspecified atom stereocenters. The van der Waals surface area contributed by atoms with Gasteiger partial charge < -0.3 is 10.1 Å². The summed E-state index contributed by atoms with van der Waals surface area (Å²) in [5, 5.41) is 3.44. The van der Waals surface area contributed by atoms with Gasteiger partial charge in [0.15, 0.2) is 5.84 Å². The van der Waals surface area contributed by atoms with Crippen LogP contribution in [-0.2, 0) is 5.41 Å². The Morgan fingerprint density at radius 2 is 1.52 bits per heavy atom. The quantitative estimate of drug-likeness (QED) is 0.608. The van der Waals surface area contributed by atoms with Gasteiger partial charge in [0.05, 0.1) is 18.5 Å². The number of ether oxygens (including phenoxy) is 1. The number of hydrogen-bond acceptors (Lipinski definition) is 4. The molecule has 29 heavy (non-hydrogen) atoms. The Kier molecular flexibility index (Phi) is 4.93. The topological polar surface area (TPSA) is 46.0 Å². The SMILES string of the molecule is COc1ccc2c(c1)NC(c1ccccc1)=NC(c1ccc(C(C)(C)C)cc1)=N2. The minimum atomic E-state index is 0.104. The molecule has 1 N–H and O–H groups in total. The number of hydrogen-bond donors (Lipinski definition) is 1. The second kappa shape index (κ2) is 7.55. The summed E-state index contributed by atoms with van der Waals surface area (Å²) < 4.78 is 5.39. The number of nitrogens with one attached hydrogen (secondary N) is 1. The van der Waals surface area contributed by atoms with Crippen LogP contribution in [0.4, 0.5) is 11.4 Å². The van der Waals surface area contributed by atoms with Crippen molar-refractivity contribution in [3.05, 3.63) is 89.5 Å². The molecule has 3 aromatic rings. The molecule has 4 nitrogen and oxygen atoms in total. The highest BCUT2D eigenvalue weighted by molar-refractivity contribution is 6.19. The predicted octanol–water partition coefficient (Wildman–Crippen LogP) is 5.94. The van der Waals surface area contributed by atoms with Crippen LogP contribution in [0.1, 0.15) is 37.5 Å². The second-order valence-corrected chi connectivity index (χ2v) is 8.10. The first-order valence-electron chi connectivity index (χ1n) is 9.73. The predicted molar refractivity (Wildman–Crippen MR) is 121 cm³/mol. The van der Waals surface area contributed by atoms with Crippen LogP contribution in [0.5, 0.6) is 5.75 Å². The van der Waals surface area contributed by atoms with E-state index >= 15 is 0 Å². The van der Waals surface area contributed by atoms with E-state index in [9.17, 15) is 0 Å². The van der Waals surface area contributed by atoms with Crippen molar-refractivity contribution >= 4 is 23.0 Å². The third-order valence-corrected chi connectivity index (χ3v) is 4.96. The Balaban J connectivity index is 1.83. The number of amidine groups is 2. The molecule has 0 saturated heterocycles. The lowest BCUT2D eigenvalue weighted by Gasteiger charge is -2.19. The van der Waals surface area contributed by atoms with E-state index < -0.39 is 0 Å². The second-order valence-electron chi connectivity index (χ2n) is 8.10. The van der Waals surface area contributed by atoms with Crippen LogP contribution >= 0.6 is 0 Å². The Morgan fingerprint density at radius 3 is 2.17 bits per heavy atom. The monoisotopic (exact) mass is 383 g/mol. The molecule has 0 spiro atoms. The van der Waals surface area contributed by atoms with Gasteiger partial charge in [-0.05, 0) is 23.1 Å². The van der Waals surface area contributed by atoms with Crippen LogP contribution in [0.15, 0.2) is 82.8 Å². The normalized spacial score (nSPS) is 13.5. The van der Waals surface area contributed by atoms with Gasteiger partial charge >= 0.3 is 0 Å². The highest BCUT2D eigenvalue weighted by atomic mass is 16.5. The van der Waals surface area contributed by atoms with E-state index in [-0.39, 0.29) is 5.41 Å². The van der Waals surface area contributed by atoms with Crippen LogP contribution in [0.25, 0.3) is 0 Å². The van der Waals surface area contributed by atoms with Gasteiger partial charge in [-0.3, -0.25) is 0 Å². The number of nitrogens with zero attached hydrogens (tertiary/aromatic N) is 2. The smallest absolute Gasteiger partial charge is 0.162 e. The summed E-state index contributed by atoms with van der Waals surface area (Å²) in [6.07, 6.45) is 0. The molecule has 146 valence electrons. The van der Waals surface area contributed by atoms with E-state index in [4.69, 9.17) is 14.7 Å². The minimum Gasteiger partial charge on any atom is -0.497 e. The van der Waals surface area contributed by atoms with E-state index in [2.05, 4.69) is 50.4 Å². The largest absolute Gasteiger partial charge is 0.497 e. The van der Waals surface area contributed by atoms with Crippen molar-refractivity contribution in [3.63, 3.8) is 0 Å². The van der Waals surface area contributed by atoms with E-state index in [1.54, 1.807) is 7.11 Å². The average Bonchev–Trinajstić information content (AvgIpc) is 2.93. The summed E-state index contributed by atoms with van der Waals surface area (Å²) in [7, 11) is 1.66. The summed E-state index contributed by atoms with van der Waals surface area (Å²) in [5.74, 6) is 2.22. The maximum atomic E-state index is 5.39. The van der Waals surface area contributed by atoms with Crippen LogP contribution < -0.4 is 10.1 Å². The first-order chi connectivity index (χ1) is 13.9. The highest BCUT2D eigenvalue weighted by Gasteiger charge is 2.17. The number of rotatable bonds is 3. The zero-order chi connectivity index (χ0) is 20.4. The van der Waals surface area contributed by atoms with Gasteiger partial charge in [0.2, 0.25) is 0 Å². The van der Waals surface area contributed by atoms with Crippen molar-refractivity contribution in [2.45, 2.75) is 26.2 Å². The lowest BCUT2D eigenvalue weighted by molar-refractivity contribution is 0.415. The molecule has 1 aliphatic heterocycles. The van der Waals surface area contributed by atoms with E-state index in [0.29, 0.717) is 5.84 Å². The molecule has 0 aromatic heterocycles. The first-order valence-corrected chi connectivity index (χ1v) is 9.73. The Labute approximate surface area is 172 Å². The summed E-state index contributed by atoms with van der Waals surface area (Å²) in [4.78, 5) is 9.76. The zero-order valence-electron chi connectivity index (χ0n) is 17.2. The third-order valence-electron chi connectivity index (χ3n) is 4.96. The van der Waals surface area contributed by atoms with E-state index in [1.807, 2.05) is 48.5 Å². The summed E-state index contributed by atoms with van der Waals surface area (Å²) >= 11 is 0. The maximum absolute atomic E-state index is 5.39. The van der Waals surface area contributed by atoms with Gasteiger partial charge in [-0.2, -0.15) is 0 Å². The van der Waals surface area contributed by atoms with Gasteiger partial charge in [-0.1, -0.05) is 75.4 Å². The molecular weight excluding hydrogens is 358 g/mol.